The van der Waals surface area contributed by atoms with Gasteiger partial charge in [-0.15, -0.1) is 11.3 Å². The first-order valence-electron chi connectivity index (χ1n) is 5.24. The lowest BCUT2D eigenvalue weighted by Crippen LogP contribution is -2.06. The van der Waals surface area contributed by atoms with Gasteiger partial charge in [0, 0.05) is 5.92 Å². The minimum absolute atomic E-state index is 0.550. The van der Waals surface area contributed by atoms with Gasteiger partial charge in [0.2, 0.25) is 0 Å². The maximum atomic E-state index is 10.9. The number of aromatic nitrogens is 1. The minimum atomic E-state index is 0.550. The molecule has 14 heavy (non-hydrogen) atoms. The predicted molar refractivity (Wildman–Crippen MR) is 58.1 cm³/mol. The first-order valence-corrected chi connectivity index (χ1v) is 6.05. The van der Waals surface area contributed by atoms with E-state index in [2.05, 4.69) is 4.98 Å². The largest absolute Gasteiger partial charge is 0.297 e. The highest BCUT2D eigenvalue weighted by atomic mass is 32.1. The maximum absolute atomic E-state index is 10.9. The quantitative estimate of drug-likeness (QED) is 0.699. The molecule has 76 valence electrons. The first kappa shape index (κ1) is 9.84. The van der Waals surface area contributed by atoms with E-state index in [1.807, 2.05) is 6.92 Å². The van der Waals surface area contributed by atoms with Crippen LogP contribution in [0.25, 0.3) is 0 Å². The van der Waals surface area contributed by atoms with Gasteiger partial charge >= 0.3 is 0 Å². The lowest BCUT2D eigenvalue weighted by molar-refractivity contribution is 0.112. The van der Waals surface area contributed by atoms with Crippen molar-refractivity contribution in [1.29, 1.82) is 0 Å². The summed E-state index contributed by atoms with van der Waals surface area (Å²) >= 11 is 1.53. The number of carbonyl (C=O) groups excluding carboxylic acids is 1. The monoisotopic (exact) mass is 209 g/mol. The van der Waals surface area contributed by atoms with Crippen molar-refractivity contribution in [2.75, 3.05) is 0 Å². The summed E-state index contributed by atoms with van der Waals surface area (Å²) in [6.07, 6.45) is 7.32. The molecule has 1 aliphatic carbocycles. The SMILES string of the molecule is Cc1nc(C2CCCCC2)c(C=O)s1. The Bertz CT molecular complexity index is 326. The van der Waals surface area contributed by atoms with Gasteiger partial charge < -0.3 is 0 Å². The molecule has 0 saturated heterocycles. The molecule has 0 atom stereocenters. The van der Waals surface area contributed by atoms with Gasteiger partial charge in [0.1, 0.15) is 0 Å². The van der Waals surface area contributed by atoms with Crippen molar-refractivity contribution >= 4 is 17.6 Å². The molecule has 2 rings (SSSR count). The van der Waals surface area contributed by atoms with Gasteiger partial charge in [-0.1, -0.05) is 19.3 Å². The molecule has 0 radical (unpaired) electrons. The molecule has 1 heterocycles. The number of rotatable bonds is 2. The van der Waals surface area contributed by atoms with Crippen LogP contribution in [0.15, 0.2) is 0 Å². The third-order valence-electron chi connectivity index (χ3n) is 2.89. The van der Waals surface area contributed by atoms with Crippen molar-refractivity contribution in [3.63, 3.8) is 0 Å². The molecule has 0 unspecified atom stereocenters. The normalized spacial score (nSPS) is 18.4. The average molecular weight is 209 g/mol. The summed E-state index contributed by atoms with van der Waals surface area (Å²) < 4.78 is 0. The van der Waals surface area contributed by atoms with Crippen molar-refractivity contribution in [1.82, 2.24) is 4.98 Å². The van der Waals surface area contributed by atoms with Gasteiger partial charge in [-0.2, -0.15) is 0 Å². The number of thiazole rings is 1. The summed E-state index contributed by atoms with van der Waals surface area (Å²) in [5.41, 5.74) is 1.07. The fourth-order valence-corrected chi connectivity index (χ4v) is 3.04. The third kappa shape index (κ3) is 1.87. The number of aldehydes is 1. The molecule has 1 aromatic heterocycles. The highest BCUT2D eigenvalue weighted by molar-refractivity contribution is 7.13. The molecular formula is C11H15NOS. The Labute approximate surface area is 88.4 Å². The lowest BCUT2D eigenvalue weighted by Gasteiger charge is -2.20. The van der Waals surface area contributed by atoms with Crippen LogP contribution in [0.5, 0.6) is 0 Å². The van der Waals surface area contributed by atoms with Crippen LogP contribution in [-0.4, -0.2) is 11.3 Å². The molecule has 3 heteroatoms. The van der Waals surface area contributed by atoms with Crippen LogP contribution in [0, 0.1) is 6.92 Å². The molecule has 2 nitrogen and oxygen atoms in total. The number of hydrogen-bond acceptors (Lipinski definition) is 3. The van der Waals surface area contributed by atoms with Gasteiger partial charge in [-0.3, -0.25) is 4.79 Å². The van der Waals surface area contributed by atoms with E-state index in [9.17, 15) is 4.79 Å². The summed E-state index contributed by atoms with van der Waals surface area (Å²) in [6, 6.07) is 0. The minimum Gasteiger partial charge on any atom is -0.297 e. The Morgan fingerprint density at radius 2 is 2.07 bits per heavy atom. The highest BCUT2D eigenvalue weighted by Gasteiger charge is 2.21. The Kier molecular flexibility index (Phi) is 2.96. The van der Waals surface area contributed by atoms with E-state index in [-0.39, 0.29) is 0 Å². The third-order valence-corrected chi connectivity index (χ3v) is 3.80. The van der Waals surface area contributed by atoms with E-state index in [1.54, 1.807) is 0 Å². The highest BCUT2D eigenvalue weighted by Crippen LogP contribution is 2.35. The van der Waals surface area contributed by atoms with Gasteiger partial charge in [-0.05, 0) is 19.8 Å². The molecule has 0 aliphatic heterocycles. The molecule has 1 aliphatic rings. The fraction of sp³-hybridized carbons (Fsp3) is 0.636. The van der Waals surface area contributed by atoms with E-state index < -0.39 is 0 Å². The molecule has 0 amide bonds. The van der Waals surface area contributed by atoms with Crippen LogP contribution < -0.4 is 0 Å². The number of hydrogen-bond donors (Lipinski definition) is 0. The summed E-state index contributed by atoms with van der Waals surface area (Å²) in [6.45, 7) is 1.98. The lowest BCUT2D eigenvalue weighted by atomic mass is 9.86. The van der Waals surface area contributed by atoms with Crippen molar-refractivity contribution in [2.45, 2.75) is 44.9 Å². The molecule has 0 spiro atoms. The fourth-order valence-electron chi connectivity index (χ4n) is 2.21. The summed E-state index contributed by atoms with van der Waals surface area (Å²) in [7, 11) is 0. The van der Waals surface area contributed by atoms with Crippen molar-refractivity contribution in [2.24, 2.45) is 0 Å². The van der Waals surface area contributed by atoms with Crippen LogP contribution in [0.2, 0.25) is 0 Å². The molecule has 0 bridgehead atoms. The van der Waals surface area contributed by atoms with Crippen LogP contribution in [0.4, 0.5) is 0 Å². The topological polar surface area (TPSA) is 30.0 Å². The zero-order chi connectivity index (χ0) is 9.97. The Morgan fingerprint density at radius 1 is 1.36 bits per heavy atom. The number of aryl methyl sites for hydroxylation is 1. The van der Waals surface area contributed by atoms with E-state index in [0.717, 1.165) is 21.9 Å². The molecule has 1 aromatic rings. The van der Waals surface area contributed by atoms with Gasteiger partial charge in [0.05, 0.1) is 15.6 Å². The van der Waals surface area contributed by atoms with Crippen LogP contribution >= 0.6 is 11.3 Å². The van der Waals surface area contributed by atoms with Crippen LogP contribution in [0.1, 0.15) is 58.4 Å². The first-order chi connectivity index (χ1) is 6.81. The second kappa shape index (κ2) is 4.22. The molecule has 1 saturated carbocycles. The standard InChI is InChI=1S/C11H15NOS/c1-8-12-11(10(7-13)14-8)9-5-3-2-4-6-9/h7,9H,2-6H2,1H3. The van der Waals surface area contributed by atoms with Gasteiger partial charge in [0.15, 0.2) is 6.29 Å². The summed E-state index contributed by atoms with van der Waals surface area (Å²) in [5.74, 6) is 0.550. The van der Waals surface area contributed by atoms with Crippen molar-refractivity contribution in [3.8, 4) is 0 Å². The van der Waals surface area contributed by atoms with Crippen LogP contribution in [0.3, 0.4) is 0 Å². The van der Waals surface area contributed by atoms with Gasteiger partial charge in [-0.25, -0.2) is 4.98 Å². The predicted octanol–water partition coefficient (Wildman–Crippen LogP) is 3.31. The number of nitrogens with zero attached hydrogens (tertiary/aromatic N) is 1. The number of carbonyl (C=O) groups is 1. The van der Waals surface area contributed by atoms with Gasteiger partial charge in [0.25, 0.3) is 0 Å². The van der Waals surface area contributed by atoms with Crippen LogP contribution in [-0.2, 0) is 0 Å². The Balaban J connectivity index is 2.24. The molecule has 0 aromatic carbocycles. The molecule has 0 N–H and O–H groups in total. The van der Waals surface area contributed by atoms with Crippen molar-refractivity contribution in [3.05, 3.63) is 15.6 Å². The molecule has 1 fully saturated rings. The summed E-state index contributed by atoms with van der Waals surface area (Å²) in [4.78, 5) is 16.2. The Hall–Kier alpha value is -0.700. The van der Waals surface area contributed by atoms with E-state index in [4.69, 9.17) is 0 Å². The Morgan fingerprint density at radius 3 is 2.71 bits per heavy atom. The van der Waals surface area contributed by atoms with E-state index in [0.29, 0.717) is 5.92 Å². The summed E-state index contributed by atoms with van der Waals surface area (Å²) in [5, 5.41) is 1.02. The average Bonchev–Trinajstić information content (AvgIpc) is 2.61. The second-order valence-electron chi connectivity index (χ2n) is 3.94. The second-order valence-corrected chi connectivity index (χ2v) is 5.17. The zero-order valence-electron chi connectivity index (χ0n) is 8.45. The maximum Gasteiger partial charge on any atom is 0.161 e. The smallest absolute Gasteiger partial charge is 0.161 e. The van der Waals surface area contributed by atoms with E-state index in [1.165, 1.54) is 43.4 Å². The van der Waals surface area contributed by atoms with Crippen molar-refractivity contribution < 1.29 is 4.79 Å². The zero-order valence-corrected chi connectivity index (χ0v) is 9.27. The van der Waals surface area contributed by atoms with E-state index >= 15 is 0 Å². The molecular weight excluding hydrogens is 194 g/mol.